The zero-order valence-electron chi connectivity index (χ0n) is 12.5. The molecule has 2 N–H and O–H groups in total. The molecule has 0 fully saturated rings. The Morgan fingerprint density at radius 1 is 1.48 bits per heavy atom. The van der Waals surface area contributed by atoms with Gasteiger partial charge in [0.1, 0.15) is 11.8 Å². The summed E-state index contributed by atoms with van der Waals surface area (Å²) in [6.45, 7) is 1.76. The van der Waals surface area contributed by atoms with Gasteiger partial charge in [-0.1, -0.05) is 17.5 Å². The summed E-state index contributed by atoms with van der Waals surface area (Å²) < 4.78 is 11.0. The minimum Gasteiger partial charge on any atom is -0.493 e. The molecule has 0 spiro atoms. The molecule has 0 heterocycles. The van der Waals surface area contributed by atoms with Crippen molar-refractivity contribution in [2.24, 2.45) is 0 Å². The highest BCUT2D eigenvalue weighted by atomic mass is 35.5. The van der Waals surface area contributed by atoms with E-state index in [1.807, 2.05) is 11.9 Å². The lowest BCUT2D eigenvalue weighted by Gasteiger charge is -2.17. The van der Waals surface area contributed by atoms with Crippen molar-refractivity contribution < 1.29 is 9.47 Å². The topological polar surface area (TPSA) is 57.6 Å². The zero-order chi connectivity index (χ0) is 15.8. The average Bonchev–Trinajstić information content (AvgIpc) is 2.46. The first-order valence-electron chi connectivity index (χ1n) is 6.42. The summed E-state index contributed by atoms with van der Waals surface area (Å²) in [5.74, 6) is 3.71. The number of benzene rings is 1. The van der Waals surface area contributed by atoms with E-state index >= 15 is 0 Å². The van der Waals surface area contributed by atoms with E-state index in [0.29, 0.717) is 42.4 Å². The highest BCUT2D eigenvalue weighted by Gasteiger charge is 2.13. The average molecular weight is 310 g/mol. The third-order valence-electron chi connectivity index (χ3n) is 2.90. The Labute approximate surface area is 130 Å². The SMILES string of the molecule is C#CCN(C)CCOc1cc(NC)c(C(=N)Cl)cc1OC. The number of terminal acetylenes is 1. The number of methoxy groups -OCH3 is 1. The van der Waals surface area contributed by atoms with Gasteiger partial charge in [-0.15, -0.1) is 6.42 Å². The molecule has 0 saturated heterocycles. The molecule has 1 aromatic carbocycles. The summed E-state index contributed by atoms with van der Waals surface area (Å²) in [5.41, 5.74) is 1.27. The first kappa shape index (κ1) is 17.2. The van der Waals surface area contributed by atoms with Crippen molar-refractivity contribution in [2.45, 2.75) is 0 Å². The molecule has 21 heavy (non-hydrogen) atoms. The summed E-state index contributed by atoms with van der Waals surface area (Å²) in [6, 6.07) is 3.45. The monoisotopic (exact) mass is 309 g/mol. The van der Waals surface area contributed by atoms with E-state index in [9.17, 15) is 0 Å². The third-order valence-corrected chi connectivity index (χ3v) is 3.10. The molecule has 0 aromatic heterocycles. The number of ether oxygens (including phenoxy) is 2. The lowest BCUT2D eigenvalue weighted by molar-refractivity contribution is 0.242. The van der Waals surface area contributed by atoms with Crippen molar-refractivity contribution in [1.29, 1.82) is 5.41 Å². The molecule has 1 aromatic rings. The maximum absolute atomic E-state index is 7.57. The Morgan fingerprint density at radius 2 is 2.19 bits per heavy atom. The molecule has 0 saturated carbocycles. The number of hydrogen-bond acceptors (Lipinski definition) is 5. The number of hydrogen-bond donors (Lipinski definition) is 2. The van der Waals surface area contributed by atoms with E-state index in [-0.39, 0.29) is 5.17 Å². The van der Waals surface area contributed by atoms with Crippen LogP contribution >= 0.6 is 11.6 Å². The van der Waals surface area contributed by atoms with Crippen LogP contribution in [0.15, 0.2) is 12.1 Å². The van der Waals surface area contributed by atoms with Crippen LogP contribution in [-0.4, -0.2) is 51.0 Å². The van der Waals surface area contributed by atoms with Gasteiger partial charge in [-0.25, -0.2) is 0 Å². The second kappa shape index (κ2) is 8.40. The van der Waals surface area contributed by atoms with E-state index in [1.165, 1.54) is 0 Å². The number of likely N-dealkylation sites (N-methyl/N-ethyl adjacent to an activating group) is 1. The molecule has 0 radical (unpaired) electrons. The van der Waals surface area contributed by atoms with Gasteiger partial charge in [-0.2, -0.15) is 0 Å². The molecule has 0 aliphatic rings. The van der Waals surface area contributed by atoms with Gasteiger partial charge in [-0.05, 0) is 13.1 Å². The third kappa shape index (κ3) is 4.85. The van der Waals surface area contributed by atoms with Crippen LogP contribution < -0.4 is 14.8 Å². The van der Waals surface area contributed by atoms with E-state index in [1.54, 1.807) is 26.3 Å². The number of nitrogens with zero attached hydrogens (tertiary/aromatic N) is 1. The summed E-state index contributed by atoms with van der Waals surface area (Å²) in [4.78, 5) is 1.98. The fraction of sp³-hybridized carbons (Fsp3) is 0.400. The van der Waals surface area contributed by atoms with Crippen molar-refractivity contribution in [1.82, 2.24) is 4.90 Å². The number of anilines is 1. The van der Waals surface area contributed by atoms with Crippen molar-refractivity contribution in [2.75, 3.05) is 46.2 Å². The maximum atomic E-state index is 7.57. The quantitative estimate of drug-likeness (QED) is 0.571. The van der Waals surface area contributed by atoms with Crippen LogP contribution in [0.3, 0.4) is 0 Å². The van der Waals surface area contributed by atoms with Gasteiger partial charge < -0.3 is 14.8 Å². The second-order valence-electron chi connectivity index (χ2n) is 4.40. The lowest BCUT2D eigenvalue weighted by atomic mass is 10.1. The van der Waals surface area contributed by atoms with Gasteiger partial charge in [0, 0.05) is 30.9 Å². The Balaban J connectivity index is 2.86. The zero-order valence-corrected chi connectivity index (χ0v) is 13.3. The van der Waals surface area contributed by atoms with Gasteiger partial charge in [0.2, 0.25) is 0 Å². The van der Waals surface area contributed by atoms with Crippen molar-refractivity contribution in [3.8, 4) is 23.8 Å². The summed E-state index contributed by atoms with van der Waals surface area (Å²) in [7, 11) is 5.24. The Morgan fingerprint density at radius 3 is 2.71 bits per heavy atom. The molecule has 5 nitrogen and oxygen atoms in total. The fourth-order valence-corrected chi connectivity index (χ4v) is 1.92. The molecule has 114 valence electrons. The van der Waals surface area contributed by atoms with Gasteiger partial charge in [-0.3, -0.25) is 10.3 Å². The van der Waals surface area contributed by atoms with E-state index < -0.39 is 0 Å². The second-order valence-corrected chi connectivity index (χ2v) is 4.78. The van der Waals surface area contributed by atoms with Crippen LogP contribution in [0.1, 0.15) is 5.56 Å². The van der Waals surface area contributed by atoms with E-state index in [2.05, 4.69) is 11.2 Å². The number of nitrogens with one attached hydrogen (secondary N) is 2. The molecule has 0 aliphatic carbocycles. The molecule has 0 aliphatic heterocycles. The van der Waals surface area contributed by atoms with Crippen molar-refractivity contribution in [3.63, 3.8) is 0 Å². The molecular formula is C15H20ClN3O2. The van der Waals surface area contributed by atoms with Crippen LogP contribution in [0, 0.1) is 17.8 Å². The molecular weight excluding hydrogens is 290 g/mol. The highest BCUT2D eigenvalue weighted by molar-refractivity contribution is 6.69. The highest BCUT2D eigenvalue weighted by Crippen LogP contribution is 2.34. The van der Waals surface area contributed by atoms with Crippen molar-refractivity contribution >= 4 is 22.5 Å². The smallest absolute Gasteiger partial charge is 0.163 e. The summed E-state index contributed by atoms with van der Waals surface area (Å²) in [5, 5.41) is 10.5. The Kier molecular flexibility index (Phi) is 6.86. The van der Waals surface area contributed by atoms with Gasteiger partial charge >= 0.3 is 0 Å². The van der Waals surface area contributed by atoms with Gasteiger partial charge in [0.25, 0.3) is 0 Å². The maximum Gasteiger partial charge on any atom is 0.163 e. The normalized spacial score (nSPS) is 10.1. The predicted octanol–water partition coefficient (Wildman–Crippen LogP) is 2.24. The minimum atomic E-state index is -0.0575. The van der Waals surface area contributed by atoms with Crippen LogP contribution in [-0.2, 0) is 0 Å². The van der Waals surface area contributed by atoms with Crippen LogP contribution in [0.25, 0.3) is 0 Å². The molecule has 0 unspecified atom stereocenters. The first-order valence-corrected chi connectivity index (χ1v) is 6.80. The summed E-state index contributed by atoms with van der Waals surface area (Å²) >= 11 is 5.77. The Hall–Kier alpha value is -1.90. The molecule has 1 rings (SSSR count). The molecule has 0 amide bonds. The van der Waals surface area contributed by atoms with Crippen LogP contribution in [0.4, 0.5) is 5.69 Å². The van der Waals surface area contributed by atoms with E-state index in [0.717, 1.165) is 0 Å². The molecule has 0 bridgehead atoms. The number of rotatable bonds is 8. The fourth-order valence-electron chi connectivity index (χ4n) is 1.77. The summed E-state index contributed by atoms with van der Waals surface area (Å²) in [6.07, 6.45) is 5.25. The van der Waals surface area contributed by atoms with Gasteiger partial charge in [0.05, 0.1) is 13.7 Å². The first-order chi connectivity index (χ1) is 10.0. The van der Waals surface area contributed by atoms with Crippen LogP contribution in [0.5, 0.6) is 11.5 Å². The standard InChI is InChI=1S/C15H20ClN3O2/c1-5-6-19(3)7-8-21-14-10-12(18-2)11(15(16)17)9-13(14)20-4/h1,9-10,17-18H,6-8H2,2-4H3. The molecule has 0 atom stereocenters. The lowest BCUT2D eigenvalue weighted by Crippen LogP contribution is -2.24. The van der Waals surface area contributed by atoms with E-state index in [4.69, 9.17) is 32.9 Å². The number of halogens is 1. The molecule has 6 heteroatoms. The van der Waals surface area contributed by atoms with Crippen molar-refractivity contribution in [3.05, 3.63) is 17.7 Å². The van der Waals surface area contributed by atoms with Crippen LogP contribution in [0.2, 0.25) is 0 Å². The predicted molar refractivity (Wildman–Crippen MR) is 87.0 cm³/mol. The van der Waals surface area contributed by atoms with Gasteiger partial charge in [0.15, 0.2) is 11.5 Å². The Bertz CT molecular complexity index is 540. The minimum absolute atomic E-state index is 0.0575. The largest absolute Gasteiger partial charge is 0.493 e.